The molecule has 9 aromatic rings. The van der Waals surface area contributed by atoms with Gasteiger partial charge in [0.05, 0.1) is 11.4 Å². The van der Waals surface area contributed by atoms with Gasteiger partial charge in [0.2, 0.25) is 0 Å². The predicted octanol–water partition coefficient (Wildman–Crippen LogP) is 16.7. The molecule has 0 bridgehead atoms. The standard InChI is InChI=1S/C60H44N2/c1-42-19-8-4-2-3-5-13-26-50(42)59-53-28-16-17-29-54(53)60(52-30-18-23-46-22-14-15-27-51(46)52)55-37-35-47(39-56(55)59)44-31-33-45(34-32-44)48-36-38-57(62-49-24-11-7-12-25-49)58(40-48)61-41-43-20-9-6-10-21-43/h2,4-41,62H,1,3H2/b4-2-,13-5-,19-8-,50-26?,61-41?. The van der Waals surface area contributed by atoms with Crippen LogP contribution < -0.4 is 5.32 Å². The smallest absolute Gasteiger partial charge is 0.0870 e. The lowest BCUT2D eigenvalue weighted by Crippen LogP contribution is -1.96. The summed E-state index contributed by atoms with van der Waals surface area (Å²) in [6.45, 7) is 4.62. The lowest BCUT2D eigenvalue weighted by Gasteiger charge is -2.21. The zero-order valence-electron chi connectivity index (χ0n) is 34.4. The van der Waals surface area contributed by atoms with E-state index in [0.717, 1.165) is 62.4 Å². The van der Waals surface area contributed by atoms with Crippen LogP contribution in [0.1, 0.15) is 17.5 Å². The van der Waals surface area contributed by atoms with Gasteiger partial charge >= 0.3 is 0 Å². The highest BCUT2D eigenvalue weighted by molar-refractivity contribution is 6.22. The molecule has 1 N–H and O–H groups in total. The Balaban J connectivity index is 1.11. The van der Waals surface area contributed by atoms with Gasteiger partial charge in [0.25, 0.3) is 0 Å². The lowest BCUT2D eigenvalue weighted by molar-refractivity contribution is 1.39. The first-order valence-corrected chi connectivity index (χ1v) is 21.2. The monoisotopic (exact) mass is 792 g/mol. The number of aliphatic imine (C=N–C) groups is 1. The van der Waals surface area contributed by atoms with Gasteiger partial charge in [-0.05, 0) is 125 Å². The van der Waals surface area contributed by atoms with Gasteiger partial charge < -0.3 is 5.32 Å². The van der Waals surface area contributed by atoms with E-state index in [1.807, 2.05) is 42.6 Å². The summed E-state index contributed by atoms with van der Waals surface area (Å²) in [4.78, 5) is 4.98. The van der Waals surface area contributed by atoms with Crippen LogP contribution in [0.3, 0.4) is 0 Å². The van der Waals surface area contributed by atoms with E-state index in [9.17, 15) is 0 Å². The summed E-state index contributed by atoms with van der Waals surface area (Å²) >= 11 is 0. The van der Waals surface area contributed by atoms with Crippen LogP contribution in [-0.4, -0.2) is 6.21 Å². The fraction of sp³-hybridized carbons (Fsp3) is 0.0167. The Bertz CT molecular complexity index is 3270. The molecule has 0 saturated heterocycles. The van der Waals surface area contributed by atoms with E-state index in [-0.39, 0.29) is 0 Å². The number of allylic oxidation sites excluding steroid dienone is 9. The maximum atomic E-state index is 4.98. The van der Waals surface area contributed by atoms with Crippen molar-refractivity contribution in [3.63, 3.8) is 0 Å². The Morgan fingerprint density at radius 3 is 1.89 bits per heavy atom. The Morgan fingerprint density at radius 2 is 1.10 bits per heavy atom. The number of hydrogen-bond acceptors (Lipinski definition) is 2. The second-order valence-electron chi connectivity index (χ2n) is 15.6. The fourth-order valence-corrected chi connectivity index (χ4v) is 8.61. The zero-order chi connectivity index (χ0) is 41.7. The molecule has 0 radical (unpaired) electrons. The molecule has 9 aromatic carbocycles. The minimum atomic E-state index is 0.868. The molecular formula is C60H44N2. The van der Waals surface area contributed by atoms with E-state index in [1.165, 1.54) is 49.0 Å². The number of nitrogens with one attached hydrogen (secondary N) is 1. The second-order valence-corrected chi connectivity index (χ2v) is 15.6. The van der Waals surface area contributed by atoms with Crippen LogP contribution in [-0.2, 0) is 0 Å². The summed E-state index contributed by atoms with van der Waals surface area (Å²) < 4.78 is 0. The van der Waals surface area contributed by atoms with Gasteiger partial charge in [-0.25, -0.2) is 0 Å². The number of anilines is 2. The van der Waals surface area contributed by atoms with Gasteiger partial charge in [-0.2, -0.15) is 0 Å². The maximum absolute atomic E-state index is 4.98. The molecule has 0 amide bonds. The average Bonchev–Trinajstić information content (AvgIpc) is 3.33. The summed E-state index contributed by atoms with van der Waals surface area (Å²) in [5.41, 5.74) is 14.1. The van der Waals surface area contributed by atoms with Gasteiger partial charge in [-0.3, -0.25) is 4.99 Å². The van der Waals surface area contributed by atoms with E-state index in [1.54, 1.807) is 0 Å². The Hall–Kier alpha value is -8.07. The van der Waals surface area contributed by atoms with E-state index >= 15 is 0 Å². The van der Waals surface area contributed by atoms with E-state index < -0.39 is 0 Å². The summed E-state index contributed by atoms with van der Waals surface area (Å²) in [5.74, 6) is 0. The molecule has 294 valence electrons. The Kier molecular flexibility index (Phi) is 10.6. The molecule has 0 aliphatic heterocycles. The predicted molar refractivity (Wildman–Crippen MR) is 268 cm³/mol. The number of benzene rings is 9. The van der Waals surface area contributed by atoms with Crippen molar-refractivity contribution in [3.05, 3.63) is 254 Å². The molecule has 62 heavy (non-hydrogen) atoms. The van der Waals surface area contributed by atoms with Gasteiger partial charge in [-0.1, -0.05) is 207 Å². The van der Waals surface area contributed by atoms with Crippen molar-refractivity contribution < 1.29 is 0 Å². The van der Waals surface area contributed by atoms with Crippen LogP contribution in [0.25, 0.3) is 71.3 Å². The van der Waals surface area contributed by atoms with Crippen molar-refractivity contribution in [2.75, 3.05) is 5.32 Å². The number of para-hydroxylation sites is 1. The van der Waals surface area contributed by atoms with Crippen molar-refractivity contribution in [3.8, 4) is 33.4 Å². The minimum Gasteiger partial charge on any atom is -0.354 e. The molecule has 1 aliphatic rings. The van der Waals surface area contributed by atoms with E-state index in [2.05, 4.69) is 206 Å². The summed E-state index contributed by atoms with van der Waals surface area (Å²) in [7, 11) is 0. The summed E-state index contributed by atoms with van der Waals surface area (Å²) in [5, 5.41) is 10.9. The third kappa shape index (κ3) is 7.74. The van der Waals surface area contributed by atoms with Crippen molar-refractivity contribution in [1.29, 1.82) is 0 Å². The van der Waals surface area contributed by atoms with Crippen molar-refractivity contribution in [2.45, 2.75) is 6.42 Å². The van der Waals surface area contributed by atoms with Gasteiger partial charge in [-0.15, -0.1) is 0 Å². The number of rotatable bonds is 8. The molecule has 0 fully saturated rings. The third-order valence-corrected chi connectivity index (χ3v) is 11.7. The van der Waals surface area contributed by atoms with Crippen LogP contribution >= 0.6 is 0 Å². The topological polar surface area (TPSA) is 24.4 Å². The molecule has 10 rings (SSSR count). The molecule has 0 heterocycles. The molecule has 1 aliphatic carbocycles. The van der Waals surface area contributed by atoms with Crippen LogP contribution in [0.15, 0.2) is 248 Å². The van der Waals surface area contributed by atoms with Gasteiger partial charge in [0.15, 0.2) is 0 Å². The molecular weight excluding hydrogens is 749 g/mol. The molecule has 0 aromatic heterocycles. The maximum Gasteiger partial charge on any atom is 0.0870 e. The Labute approximate surface area is 363 Å². The summed E-state index contributed by atoms with van der Waals surface area (Å²) in [6.07, 6.45) is 17.9. The Morgan fingerprint density at radius 1 is 0.484 bits per heavy atom. The zero-order valence-corrected chi connectivity index (χ0v) is 34.4. The quantitative estimate of drug-likeness (QED) is 0.120. The molecule has 0 spiro atoms. The lowest BCUT2D eigenvalue weighted by atomic mass is 9.82. The van der Waals surface area contributed by atoms with Crippen LogP contribution in [0.2, 0.25) is 0 Å². The molecule has 2 heteroatoms. The normalized spacial score (nSPS) is 14.5. The number of hydrogen-bond donors (Lipinski definition) is 1. The van der Waals surface area contributed by atoms with Crippen LogP contribution in [0.5, 0.6) is 0 Å². The highest BCUT2D eigenvalue weighted by Crippen LogP contribution is 2.46. The SMILES string of the molecule is C=C1/C=C\C=C/C/C=C\C=C1c1c2ccccc2c(-c2cccc3ccccc23)c2ccc(-c3ccc(-c4ccc(Nc5ccccc5)c(N=Cc5ccccc5)c4)cc3)cc12. The van der Waals surface area contributed by atoms with E-state index in [4.69, 9.17) is 4.99 Å². The van der Waals surface area contributed by atoms with Crippen LogP contribution in [0.4, 0.5) is 17.1 Å². The second kappa shape index (κ2) is 17.3. The number of fused-ring (bicyclic) bond motifs is 3. The molecule has 0 unspecified atom stereocenters. The van der Waals surface area contributed by atoms with Crippen molar-refractivity contribution >= 4 is 61.2 Å². The largest absolute Gasteiger partial charge is 0.354 e. The third-order valence-electron chi connectivity index (χ3n) is 11.7. The average molecular weight is 793 g/mol. The molecule has 2 nitrogen and oxygen atoms in total. The minimum absolute atomic E-state index is 0.868. The van der Waals surface area contributed by atoms with Crippen molar-refractivity contribution in [1.82, 2.24) is 0 Å². The molecule has 0 atom stereocenters. The van der Waals surface area contributed by atoms with E-state index in [0.29, 0.717) is 0 Å². The fourth-order valence-electron chi connectivity index (χ4n) is 8.61. The number of nitrogens with zero attached hydrogens (tertiary/aromatic N) is 1. The van der Waals surface area contributed by atoms with Gasteiger partial charge in [0.1, 0.15) is 0 Å². The summed E-state index contributed by atoms with van der Waals surface area (Å²) in [6, 6.07) is 67.1. The van der Waals surface area contributed by atoms with Gasteiger partial charge in [0, 0.05) is 11.9 Å². The highest BCUT2D eigenvalue weighted by Gasteiger charge is 2.20. The van der Waals surface area contributed by atoms with Crippen molar-refractivity contribution in [2.24, 2.45) is 4.99 Å². The highest BCUT2D eigenvalue weighted by atomic mass is 14.9. The van der Waals surface area contributed by atoms with Crippen LogP contribution in [0, 0.1) is 0 Å². The first-order valence-electron chi connectivity index (χ1n) is 21.2. The first-order chi connectivity index (χ1) is 30.7. The first kappa shape index (κ1) is 38.2. The molecule has 0 saturated carbocycles.